The molecule has 0 spiro atoms. The SMILES string of the molecule is Clc1ccc(NCP(c2ccccc2)c2ccccc2)nc1. The lowest BCUT2D eigenvalue weighted by Crippen LogP contribution is -2.17. The molecule has 0 atom stereocenters. The largest absolute Gasteiger partial charge is 0.366 e. The summed E-state index contributed by atoms with van der Waals surface area (Å²) in [6.07, 6.45) is 2.51. The van der Waals surface area contributed by atoms with E-state index in [1.165, 1.54) is 10.6 Å². The summed E-state index contributed by atoms with van der Waals surface area (Å²) in [5, 5.41) is 6.78. The fraction of sp³-hybridized carbons (Fsp3) is 0.0556. The van der Waals surface area contributed by atoms with Gasteiger partial charge in [-0.2, -0.15) is 0 Å². The van der Waals surface area contributed by atoms with Crippen molar-refractivity contribution in [1.82, 2.24) is 4.98 Å². The number of benzene rings is 2. The molecule has 0 saturated heterocycles. The molecule has 0 radical (unpaired) electrons. The third-order valence-electron chi connectivity index (χ3n) is 3.28. The van der Waals surface area contributed by atoms with Gasteiger partial charge in [0.1, 0.15) is 5.82 Å². The van der Waals surface area contributed by atoms with Crippen LogP contribution in [0.25, 0.3) is 0 Å². The molecule has 0 saturated carbocycles. The fourth-order valence-electron chi connectivity index (χ4n) is 2.19. The Morgan fingerprint density at radius 1 is 0.818 bits per heavy atom. The number of anilines is 1. The zero-order valence-corrected chi connectivity index (χ0v) is 13.6. The number of hydrogen-bond acceptors (Lipinski definition) is 2. The summed E-state index contributed by atoms with van der Waals surface area (Å²) in [6.45, 7) is 0. The van der Waals surface area contributed by atoms with Crippen molar-refractivity contribution in [1.29, 1.82) is 0 Å². The number of aromatic nitrogens is 1. The molecule has 2 nitrogen and oxygen atoms in total. The van der Waals surface area contributed by atoms with Crippen molar-refractivity contribution in [2.45, 2.75) is 0 Å². The lowest BCUT2D eigenvalue weighted by Gasteiger charge is -2.19. The van der Waals surface area contributed by atoms with E-state index in [0.29, 0.717) is 5.02 Å². The molecule has 22 heavy (non-hydrogen) atoms. The van der Waals surface area contributed by atoms with Gasteiger partial charge in [-0.3, -0.25) is 0 Å². The molecule has 0 aliphatic rings. The Balaban J connectivity index is 1.81. The molecule has 110 valence electrons. The van der Waals surface area contributed by atoms with E-state index in [1.807, 2.05) is 12.1 Å². The highest BCUT2D eigenvalue weighted by molar-refractivity contribution is 7.73. The van der Waals surface area contributed by atoms with Gasteiger partial charge in [0.15, 0.2) is 0 Å². The molecule has 0 aliphatic carbocycles. The van der Waals surface area contributed by atoms with Gasteiger partial charge in [-0.1, -0.05) is 72.3 Å². The maximum Gasteiger partial charge on any atom is 0.126 e. The summed E-state index contributed by atoms with van der Waals surface area (Å²) in [6, 6.07) is 25.0. The first kappa shape index (κ1) is 15.0. The van der Waals surface area contributed by atoms with Gasteiger partial charge in [-0.25, -0.2) is 4.98 Å². The van der Waals surface area contributed by atoms with Gasteiger partial charge >= 0.3 is 0 Å². The predicted octanol–water partition coefficient (Wildman–Crippen LogP) is 4.24. The number of hydrogen-bond donors (Lipinski definition) is 1. The summed E-state index contributed by atoms with van der Waals surface area (Å²) in [7, 11) is -0.466. The number of rotatable bonds is 5. The quantitative estimate of drug-likeness (QED) is 0.709. The highest BCUT2D eigenvalue weighted by Crippen LogP contribution is 2.33. The molecule has 0 fully saturated rings. The lowest BCUT2D eigenvalue weighted by molar-refractivity contribution is 1.27. The van der Waals surface area contributed by atoms with E-state index in [2.05, 4.69) is 71.0 Å². The second kappa shape index (κ2) is 7.40. The van der Waals surface area contributed by atoms with E-state index in [1.54, 1.807) is 6.20 Å². The van der Waals surface area contributed by atoms with Crippen molar-refractivity contribution in [2.24, 2.45) is 0 Å². The lowest BCUT2D eigenvalue weighted by atomic mass is 10.4. The van der Waals surface area contributed by atoms with Crippen LogP contribution in [0.3, 0.4) is 0 Å². The molecule has 4 heteroatoms. The zero-order valence-electron chi connectivity index (χ0n) is 12.0. The minimum atomic E-state index is -0.466. The van der Waals surface area contributed by atoms with Gasteiger partial charge in [0.2, 0.25) is 0 Å². The Hall–Kier alpha value is -1.89. The predicted molar refractivity (Wildman–Crippen MR) is 96.8 cm³/mol. The highest BCUT2D eigenvalue weighted by Gasteiger charge is 2.13. The van der Waals surface area contributed by atoms with Crippen molar-refractivity contribution >= 4 is 35.9 Å². The van der Waals surface area contributed by atoms with Crippen LogP contribution in [0.1, 0.15) is 0 Å². The summed E-state index contributed by atoms with van der Waals surface area (Å²) < 4.78 is 0. The van der Waals surface area contributed by atoms with Crippen LogP contribution in [-0.4, -0.2) is 11.3 Å². The monoisotopic (exact) mass is 326 g/mol. The van der Waals surface area contributed by atoms with Gasteiger partial charge in [0, 0.05) is 12.5 Å². The van der Waals surface area contributed by atoms with E-state index in [-0.39, 0.29) is 0 Å². The molecule has 1 N–H and O–H groups in total. The normalized spacial score (nSPS) is 10.6. The standard InChI is InChI=1S/C18H16ClN2P/c19-15-11-12-18(20-13-15)21-14-22(16-7-3-1-4-8-16)17-9-5-2-6-10-17/h1-13H,14H2,(H,20,21). The van der Waals surface area contributed by atoms with Crippen LogP contribution in [0.15, 0.2) is 79.0 Å². The number of nitrogens with one attached hydrogen (secondary N) is 1. The molecule has 2 aromatic carbocycles. The molecule has 0 unspecified atom stereocenters. The maximum atomic E-state index is 5.88. The first-order valence-corrected chi connectivity index (χ1v) is 8.96. The molecule has 3 aromatic rings. The van der Waals surface area contributed by atoms with Crippen LogP contribution < -0.4 is 15.9 Å². The molecular weight excluding hydrogens is 311 g/mol. The second-order valence-electron chi connectivity index (χ2n) is 4.80. The summed E-state index contributed by atoms with van der Waals surface area (Å²) in [4.78, 5) is 4.30. The Kier molecular flexibility index (Phi) is 5.05. The fourth-order valence-corrected chi connectivity index (χ4v) is 4.35. The third kappa shape index (κ3) is 3.85. The molecule has 1 aromatic heterocycles. The van der Waals surface area contributed by atoms with Crippen LogP contribution >= 0.6 is 19.5 Å². The van der Waals surface area contributed by atoms with Crippen molar-refractivity contribution in [2.75, 3.05) is 11.6 Å². The Labute approximate surface area is 136 Å². The van der Waals surface area contributed by atoms with E-state index in [0.717, 1.165) is 12.1 Å². The van der Waals surface area contributed by atoms with Gasteiger partial charge in [0.05, 0.1) is 5.02 Å². The number of halogens is 1. The minimum absolute atomic E-state index is 0.466. The number of nitrogens with zero attached hydrogens (tertiary/aromatic N) is 1. The zero-order chi connectivity index (χ0) is 15.2. The third-order valence-corrected chi connectivity index (χ3v) is 5.82. The average molecular weight is 327 g/mol. The van der Waals surface area contributed by atoms with E-state index >= 15 is 0 Å². The highest BCUT2D eigenvalue weighted by atomic mass is 35.5. The van der Waals surface area contributed by atoms with Crippen LogP contribution in [-0.2, 0) is 0 Å². The van der Waals surface area contributed by atoms with Crippen LogP contribution in [0.4, 0.5) is 5.82 Å². The maximum absolute atomic E-state index is 5.88. The Morgan fingerprint density at radius 3 is 1.91 bits per heavy atom. The topological polar surface area (TPSA) is 24.9 Å². The van der Waals surface area contributed by atoms with Crippen LogP contribution in [0.5, 0.6) is 0 Å². The number of pyridine rings is 1. The minimum Gasteiger partial charge on any atom is -0.366 e. The van der Waals surface area contributed by atoms with Crippen LogP contribution in [0.2, 0.25) is 5.02 Å². The molecule has 0 amide bonds. The summed E-state index contributed by atoms with van der Waals surface area (Å²) in [5.41, 5.74) is 0. The van der Waals surface area contributed by atoms with Crippen molar-refractivity contribution in [3.8, 4) is 0 Å². The average Bonchev–Trinajstić information content (AvgIpc) is 2.59. The molecule has 0 bridgehead atoms. The first-order valence-electron chi connectivity index (χ1n) is 7.06. The van der Waals surface area contributed by atoms with E-state index < -0.39 is 7.92 Å². The van der Waals surface area contributed by atoms with Crippen molar-refractivity contribution in [3.63, 3.8) is 0 Å². The van der Waals surface area contributed by atoms with Gasteiger partial charge < -0.3 is 5.32 Å². The smallest absolute Gasteiger partial charge is 0.126 e. The van der Waals surface area contributed by atoms with E-state index in [4.69, 9.17) is 11.6 Å². The van der Waals surface area contributed by atoms with Gasteiger partial charge in [-0.15, -0.1) is 0 Å². The molecule has 1 heterocycles. The second-order valence-corrected chi connectivity index (χ2v) is 7.44. The molecular formula is C18H16ClN2P. The van der Waals surface area contributed by atoms with Crippen molar-refractivity contribution in [3.05, 3.63) is 84.0 Å². The van der Waals surface area contributed by atoms with Crippen molar-refractivity contribution < 1.29 is 0 Å². The molecule has 0 aliphatic heterocycles. The van der Waals surface area contributed by atoms with Crippen LogP contribution in [0, 0.1) is 0 Å². The summed E-state index contributed by atoms with van der Waals surface area (Å²) in [5.74, 6) is 0.851. The summed E-state index contributed by atoms with van der Waals surface area (Å²) >= 11 is 5.88. The van der Waals surface area contributed by atoms with Gasteiger partial charge in [-0.05, 0) is 30.7 Å². The first-order chi connectivity index (χ1) is 10.8. The Bertz CT molecular complexity index is 663. The Morgan fingerprint density at radius 2 is 1.41 bits per heavy atom. The molecule has 3 rings (SSSR count). The van der Waals surface area contributed by atoms with E-state index in [9.17, 15) is 0 Å². The van der Waals surface area contributed by atoms with Gasteiger partial charge in [0.25, 0.3) is 0 Å².